The number of anilines is 4. The van der Waals surface area contributed by atoms with E-state index < -0.39 is 0 Å². The van der Waals surface area contributed by atoms with Gasteiger partial charge in [0.2, 0.25) is 5.95 Å². The first kappa shape index (κ1) is 19.2. The van der Waals surface area contributed by atoms with E-state index in [2.05, 4.69) is 82.5 Å². The van der Waals surface area contributed by atoms with Crippen molar-refractivity contribution in [3.05, 3.63) is 72.4 Å². The predicted octanol–water partition coefficient (Wildman–Crippen LogP) is 5.24. The van der Waals surface area contributed by atoms with E-state index in [-0.39, 0.29) is 0 Å². The second kappa shape index (κ2) is 8.95. The molecule has 0 spiro atoms. The molecule has 1 saturated heterocycles. The molecule has 1 N–H and O–H groups in total. The molecule has 0 bridgehead atoms. The lowest BCUT2D eigenvalue weighted by Gasteiger charge is -2.27. The van der Waals surface area contributed by atoms with Crippen LogP contribution >= 0.6 is 0 Å². The Balaban J connectivity index is 1.48. The predicted molar refractivity (Wildman–Crippen MR) is 121 cm³/mol. The zero-order chi connectivity index (χ0) is 20.1. The Kier molecular flexibility index (Phi) is 5.94. The van der Waals surface area contributed by atoms with Crippen molar-refractivity contribution in [2.75, 3.05) is 28.2 Å². The Bertz CT molecular complexity index is 902. The lowest BCUT2D eigenvalue weighted by atomic mass is 10.2. The second-order valence-corrected chi connectivity index (χ2v) is 7.82. The minimum atomic E-state index is 0.296. The molecule has 4 rings (SSSR count). The van der Waals surface area contributed by atoms with E-state index in [0.717, 1.165) is 37.1 Å². The quantitative estimate of drug-likeness (QED) is 0.601. The Morgan fingerprint density at radius 2 is 1.69 bits per heavy atom. The Morgan fingerprint density at radius 3 is 2.38 bits per heavy atom. The minimum Gasteiger partial charge on any atom is -0.372 e. The first-order valence-corrected chi connectivity index (χ1v) is 10.4. The first-order valence-electron chi connectivity index (χ1n) is 10.4. The molecule has 0 unspecified atom stereocenters. The molecule has 0 atom stereocenters. The van der Waals surface area contributed by atoms with E-state index in [9.17, 15) is 0 Å². The highest BCUT2D eigenvalue weighted by Gasteiger charge is 2.15. The highest BCUT2D eigenvalue weighted by molar-refractivity contribution is 5.61. The third kappa shape index (κ3) is 4.86. The molecular weight excluding hydrogens is 358 g/mol. The van der Waals surface area contributed by atoms with Crippen molar-refractivity contribution in [2.24, 2.45) is 0 Å². The monoisotopic (exact) mass is 387 g/mol. The molecule has 29 heavy (non-hydrogen) atoms. The van der Waals surface area contributed by atoms with Crippen molar-refractivity contribution in [3.8, 4) is 0 Å². The number of aromatic nitrogens is 2. The molecule has 0 amide bonds. The van der Waals surface area contributed by atoms with Gasteiger partial charge in [-0.1, -0.05) is 30.3 Å². The van der Waals surface area contributed by atoms with Gasteiger partial charge in [-0.2, -0.15) is 4.98 Å². The lowest BCUT2D eigenvalue weighted by Crippen LogP contribution is -2.31. The van der Waals surface area contributed by atoms with Crippen LogP contribution in [0.3, 0.4) is 0 Å². The van der Waals surface area contributed by atoms with E-state index in [4.69, 9.17) is 4.98 Å². The summed E-state index contributed by atoms with van der Waals surface area (Å²) < 4.78 is 0. The molecule has 0 radical (unpaired) electrons. The summed E-state index contributed by atoms with van der Waals surface area (Å²) in [5, 5.41) is 3.42. The van der Waals surface area contributed by atoms with E-state index in [1.54, 1.807) is 0 Å². The third-order valence-electron chi connectivity index (χ3n) is 5.33. The van der Waals surface area contributed by atoms with E-state index in [1.165, 1.54) is 24.1 Å². The number of hydrogen-bond acceptors (Lipinski definition) is 5. The number of rotatable bonds is 7. The third-order valence-corrected chi connectivity index (χ3v) is 5.33. The van der Waals surface area contributed by atoms with Crippen molar-refractivity contribution in [1.82, 2.24) is 9.97 Å². The molecule has 150 valence electrons. The molecule has 1 aromatic heterocycles. The zero-order valence-electron chi connectivity index (χ0n) is 17.3. The molecule has 0 saturated carbocycles. The standard InChI is InChI=1S/C24H29N5/c1-19(2)29(18-20-8-4-3-5-9-20)24-25-15-14-23(27-24)26-21-10-12-22(13-11-21)28-16-6-7-17-28/h3-5,8-15,19H,6-7,16-18H2,1-2H3,(H,25,26,27). The van der Waals surface area contributed by atoms with E-state index in [1.807, 2.05) is 18.3 Å². The molecule has 1 aliphatic rings. The maximum atomic E-state index is 4.78. The van der Waals surface area contributed by atoms with Gasteiger partial charge in [-0.05, 0) is 62.6 Å². The maximum absolute atomic E-state index is 4.78. The van der Waals surface area contributed by atoms with Gasteiger partial charge in [0.1, 0.15) is 5.82 Å². The minimum absolute atomic E-state index is 0.296. The van der Waals surface area contributed by atoms with Crippen molar-refractivity contribution >= 4 is 23.1 Å². The molecule has 1 fully saturated rings. The molecule has 1 aliphatic heterocycles. The second-order valence-electron chi connectivity index (χ2n) is 7.82. The summed E-state index contributed by atoms with van der Waals surface area (Å²) in [4.78, 5) is 14.0. The fourth-order valence-corrected chi connectivity index (χ4v) is 3.70. The number of nitrogens with one attached hydrogen (secondary N) is 1. The Hall–Kier alpha value is -3.08. The van der Waals surface area contributed by atoms with Crippen LogP contribution in [0, 0.1) is 0 Å². The van der Waals surface area contributed by atoms with Crippen molar-refractivity contribution < 1.29 is 0 Å². The van der Waals surface area contributed by atoms with Gasteiger partial charge in [0.15, 0.2) is 0 Å². The molecule has 2 aromatic carbocycles. The molecule has 5 heteroatoms. The summed E-state index contributed by atoms with van der Waals surface area (Å²) in [7, 11) is 0. The maximum Gasteiger partial charge on any atom is 0.227 e. The average molecular weight is 388 g/mol. The van der Waals surface area contributed by atoms with Gasteiger partial charge in [-0.25, -0.2) is 4.98 Å². The van der Waals surface area contributed by atoms with Gasteiger partial charge < -0.3 is 15.1 Å². The van der Waals surface area contributed by atoms with Crippen LogP contribution in [0.2, 0.25) is 0 Å². The fourth-order valence-electron chi connectivity index (χ4n) is 3.70. The van der Waals surface area contributed by atoms with Crippen LogP contribution in [-0.2, 0) is 6.54 Å². The van der Waals surface area contributed by atoms with Crippen molar-refractivity contribution in [3.63, 3.8) is 0 Å². The molecule has 3 aromatic rings. The summed E-state index contributed by atoms with van der Waals surface area (Å²) in [5.41, 5.74) is 3.59. The van der Waals surface area contributed by atoms with Crippen LogP contribution in [0.4, 0.5) is 23.1 Å². The van der Waals surface area contributed by atoms with Crippen LogP contribution < -0.4 is 15.1 Å². The van der Waals surface area contributed by atoms with Crippen LogP contribution in [-0.4, -0.2) is 29.1 Å². The highest BCUT2D eigenvalue weighted by Crippen LogP contribution is 2.24. The number of benzene rings is 2. The van der Waals surface area contributed by atoms with Crippen LogP contribution in [0.1, 0.15) is 32.3 Å². The van der Waals surface area contributed by atoms with Gasteiger partial charge in [0.25, 0.3) is 0 Å². The van der Waals surface area contributed by atoms with E-state index in [0.29, 0.717) is 6.04 Å². The van der Waals surface area contributed by atoms with Gasteiger partial charge >= 0.3 is 0 Å². The Labute approximate surface area is 173 Å². The lowest BCUT2D eigenvalue weighted by molar-refractivity contribution is 0.661. The summed E-state index contributed by atoms with van der Waals surface area (Å²) in [6.07, 6.45) is 4.40. The topological polar surface area (TPSA) is 44.3 Å². The SMILES string of the molecule is CC(C)N(Cc1ccccc1)c1nccc(Nc2ccc(N3CCCC3)cc2)n1. The zero-order valence-corrected chi connectivity index (χ0v) is 17.3. The normalized spacial score (nSPS) is 13.7. The highest BCUT2D eigenvalue weighted by atomic mass is 15.3. The smallest absolute Gasteiger partial charge is 0.227 e. The van der Waals surface area contributed by atoms with Gasteiger partial charge in [0, 0.05) is 43.2 Å². The van der Waals surface area contributed by atoms with E-state index >= 15 is 0 Å². The number of nitrogens with zero attached hydrogens (tertiary/aromatic N) is 4. The molecular formula is C24H29N5. The number of hydrogen-bond donors (Lipinski definition) is 1. The van der Waals surface area contributed by atoms with Crippen LogP contribution in [0.15, 0.2) is 66.9 Å². The summed E-state index contributed by atoms with van der Waals surface area (Å²) in [5.74, 6) is 1.55. The van der Waals surface area contributed by atoms with Crippen LogP contribution in [0.5, 0.6) is 0 Å². The molecule has 0 aliphatic carbocycles. The summed E-state index contributed by atoms with van der Waals surface area (Å²) >= 11 is 0. The Morgan fingerprint density at radius 1 is 0.966 bits per heavy atom. The van der Waals surface area contributed by atoms with Gasteiger partial charge in [-0.3, -0.25) is 0 Å². The fraction of sp³-hybridized carbons (Fsp3) is 0.333. The van der Waals surface area contributed by atoms with Gasteiger partial charge in [0.05, 0.1) is 0 Å². The average Bonchev–Trinajstić information content (AvgIpc) is 3.28. The van der Waals surface area contributed by atoms with Crippen molar-refractivity contribution in [2.45, 2.75) is 39.3 Å². The first-order chi connectivity index (χ1) is 14.2. The summed E-state index contributed by atoms with van der Waals surface area (Å²) in [6, 6.07) is 21.3. The summed E-state index contributed by atoms with van der Waals surface area (Å²) in [6.45, 7) is 7.45. The molecule has 5 nitrogen and oxygen atoms in total. The molecule has 2 heterocycles. The largest absolute Gasteiger partial charge is 0.372 e. The van der Waals surface area contributed by atoms with Crippen molar-refractivity contribution in [1.29, 1.82) is 0 Å². The van der Waals surface area contributed by atoms with Gasteiger partial charge in [-0.15, -0.1) is 0 Å². The van der Waals surface area contributed by atoms with Crippen LogP contribution in [0.25, 0.3) is 0 Å².